The topological polar surface area (TPSA) is 55.4 Å². The number of unbranched alkanes of at least 4 members (excludes halogenated alkanes) is 1. The molecule has 0 radical (unpaired) electrons. The molecule has 1 atom stereocenters. The van der Waals surface area contributed by atoms with Gasteiger partial charge in [-0.3, -0.25) is 0 Å². The van der Waals surface area contributed by atoms with Crippen molar-refractivity contribution >= 4 is 10.0 Å². The second-order valence-corrected chi connectivity index (χ2v) is 6.77. The molecule has 1 aromatic rings. The van der Waals surface area contributed by atoms with Crippen molar-refractivity contribution in [3.8, 4) is 5.75 Å². The van der Waals surface area contributed by atoms with Crippen molar-refractivity contribution < 1.29 is 13.2 Å². The van der Waals surface area contributed by atoms with Crippen molar-refractivity contribution in [2.24, 2.45) is 0 Å². The number of rotatable bonds is 8. The first-order valence-electron chi connectivity index (χ1n) is 7.16. The number of hydrogen-bond acceptors (Lipinski definition) is 3. The maximum atomic E-state index is 12.2. The van der Waals surface area contributed by atoms with Gasteiger partial charge < -0.3 is 4.74 Å². The fourth-order valence-electron chi connectivity index (χ4n) is 1.69. The Kier molecular flexibility index (Phi) is 6.49. The summed E-state index contributed by atoms with van der Waals surface area (Å²) in [5.74, 6) is 0.751. The summed E-state index contributed by atoms with van der Waals surface area (Å²) in [6.07, 6.45) is 2.83. The normalized spacial score (nSPS) is 13.2. The molecule has 5 heteroatoms. The highest BCUT2D eigenvalue weighted by Gasteiger charge is 2.17. The highest BCUT2D eigenvalue weighted by atomic mass is 32.2. The Morgan fingerprint density at radius 2 is 2.00 bits per heavy atom. The van der Waals surface area contributed by atoms with E-state index in [1.54, 1.807) is 18.2 Å². The predicted molar refractivity (Wildman–Crippen MR) is 81.7 cm³/mol. The van der Waals surface area contributed by atoms with E-state index in [9.17, 15) is 8.42 Å². The smallest absolute Gasteiger partial charge is 0.240 e. The van der Waals surface area contributed by atoms with Gasteiger partial charge in [0.05, 0.1) is 11.5 Å². The quantitative estimate of drug-likeness (QED) is 0.750. The van der Waals surface area contributed by atoms with Gasteiger partial charge in [-0.05, 0) is 50.5 Å². The first-order valence-corrected chi connectivity index (χ1v) is 8.64. The van der Waals surface area contributed by atoms with E-state index in [2.05, 4.69) is 11.6 Å². The van der Waals surface area contributed by atoms with Crippen LogP contribution in [-0.2, 0) is 10.0 Å². The van der Waals surface area contributed by atoms with Crippen LogP contribution in [-0.4, -0.2) is 21.1 Å². The molecule has 0 heterocycles. The minimum atomic E-state index is -3.44. The Labute approximate surface area is 122 Å². The van der Waals surface area contributed by atoms with Crippen molar-refractivity contribution in [2.75, 3.05) is 6.61 Å². The molecule has 0 amide bonds. The Bertz CT molecular complexity index is 526. The van der Waals surface area contributed by atoms with E-state index in [0.717, 1.165) is 30.6 Å². The minimum Gasteiger partial charge on any atom is -0.493 e. The first kappa shape index (κ1) is 17.0. The molecule has 0 spiro atoms. The molecule has 0 aliphatic carbocycles. The van der Waals surface area contributed by atoms with Gasteiger partial charge in [-0.15, -0.1) is 0 Å². The second kappa shape index (κ2) is 7.64. The zero-order valence-electron chi connectivity index (χ0n) is 12.8. The van der Waals surface area contributed by atoms with E-state index in [0.29, 0.717) is 6.61 Å². The third kappa shape index (κ3) is 4.80. The summed E-state index contributed by atoms with van der Waals surface area (Å²) in [5, 5.41) is 0. The van der Waals surface area contributed by atoms with Gasteiger partial charge in [-0.25, -0.2) is 13.1 Å². The number of hydrogen-bond donors (Lipinski definition) is 1. The lowest BCUT2D eigenvalue weighted by Gasteiger charge is -2.14. The molecule has 0 aromatic heterocycles. The Morgan fingerprint density at radius 1 is 1.30 bits per heavy atom. The number of sulfonamides is 1. The molecule has 1 aromatic carbocycles. The molecule has 1 N–H and O–H groups in total. The van der Waals surface area contributed by atoms with E-state index >= 15 is 0 Å². The Morgan fingerprint density at radius 3 is 2.55 bits per heavy atom. The lowest BCUT2D eigenvalue weighted by Crippen LogP contribution is -2.32. The van der Waals surface area contributed by atoms with Crippen molar-refractivity contribution in [1.82, 2.24) is 4.72 Å². The average molecular weight is 299 g/mol. The largest absolute Gasteiger partial charge is 0.493 e. The van der Waals surface area contributed by atoms with E-state index in [-0.39, 0.29) is 10.9 Å². The number of nitrogens with one attached hydrogen (secondary N) is 1. The fraction of sp³-hybridized carbons (Fsp3) is 0.600. The lowest BCUT2D eigenvalue weighted by atomic mass is 10.2. The van der Waals surface area contributed by atoms with Crippen LogP contribution in [0.5, 0.6) is 5.75 Å². The zero-order valence-corrected chi connectivity index (χ0v) is 13.6. The summed E-state index contributed by atoms with van der Waals surface area (Å²) < 4.78 is 32.6. The summed E-state index contributed by atoms with van der Waals surface area (Å²) in [6.45, 7) is 8.43. The van der Waals surface area contributed by atoms with Gasteiger partial charge in [0, 0.05) is 6.04 Å². The molecule has 0 aliphatic rings. The van der Waals surface area contributed by atoms with Gasteiger partial charge >= 0.3 is 0 Å². The summed E-state index contributed by atoms with van der Waals surface area (Å²) in [4.78, 5) is 0.290. The summed E-state index contributed by atoms with van der Waals surface area (Å²) in [7, 11) is -3.44. The van der Waals surface area contributed by atoms with E-state index in [4.69, 9.17) is 4.74 Å². The molecule has 4 nitrogen and oxygen atoms in total. The van der Waals surface area contributed by atoms with Crippen molar-refractivity contribution in [1.29, 1.82) is 0 Å². The summed E-state index contributed by atoms with van der Waals surface area (Å²) >= 11 is 0. The van der Waals surface area contributed by atoms with Crippen LogP contribution in [0.4, 0.5) is 0 Å². The average Bonchev–Trinajstić information content (AvgIpc) is 2.40. The molecule has 114 valence electrons. The molecule has 0 unspecified atom stereocenters. The first-order chi connectivity index (χ1) is 9.40. The maximum absolute atomic E-state index is 12.2. The third-order valence-corrected chi connectivity index (χ3v) is 4.77. The number of aryl methyl sites for hydroxylation is 1. The highest BCUT2D eigenvalue weighted by Crippen LogP contribution is 2.22. The molecular weight excluding hydrogens is 274 g/mol. The molecule has 0 fully saturated rings. The number of benzene rings is 1. The standard InChI is InChI=1S/C15H25NO3S/c1-5-7-10-19-15-9-8-14(11-12(15)3)20(17,18)16-13(4)6-2/h8-9,11,13,16H,5-7,10H2,1-4H3/t13-/m1/s1. The monoisotopic (exact) mass is 299 g/mol. The molecule has 0 saturated carbocycles. The van der Waals surface area contributed by atoms with Crippen LogP contribution < -0.4 is 9.46 Å². The van der Waals surface area contributed by atoms with E-state index in [1.165, 1.54) is 0 Å². The van der Waals surface area contributed by atoms with Crippen LogP contribution >= 0.6 is 0 Å². The molecule has 0 aliphatic heterocycles. The SMILES string of the molecule is CCCCOc1ccc(S(=O)(=O)N[C@H](C)CC)cc1C. The zero-order chi connectivity index (χ0) is 15.2. The van der Waals surface area contributed by atoms with Crippen LogP contribution in [0.15, 0.2) is 23.1 Å². The molecule has 1 rings (SSSR count). The lowest BCUT2D eigenvalue weighted by molar-refractivity contribution is 0.307. The minimum absolute atomic E-state index is 0.0687. The van der Waals surface area contributed by atoms with Crippen molar-refractivity contribution in [2.45, 2.75) is 57.9 Å². The van der Waals surface area contributed by atoms with E-state index in [1.807, 2.05) is 20.8 Å². The third-order valence-electron chi connectivity index (χ3n) is 3.18. The van der Waals surface area contributed by atoms with Crippen LogP contribution in [0.1, 0.15) is 45.6 Å². The predicted octanol–water partition coefficient (Wildman–Crippen LogP) is 3.25. The number of ether oxygens (including phenoxy) is 1. The van der Waals surface area contributed by atoms with Gasteiger partial charge in [0.1, 0.15) is 5.75 Å². The molecule has 20 heavy (non-hydrogen) atoms. The fourth-order valence-corrected chi connectivity index (χ4v) is 3.11. The van der Waals surface area contributed by atoms with Gasteiger partial charge in [-0.2, -0.15) is 0 Å². The Balaban J connectivity index is 2.86. The summed E-state index contributed by atoms with van der Waals surface area (Å²) in [6, 6.07) is 4.92. The van der Waals surface area contributed by atoms with Gasteiger partial charge in [0.15, 0.2) is 0 Å². The maximum Gasteiger partial charge on any atom is 0.240 e. The van der Waals surface area contributed by atoms with Crippen molar-refractivity contribution in [3.63, 3.8) is 0 Å². The second-order valence-electron chi connectivity index (χ2n) is 5.06. The van der Waals surface area contributed by atoms with Crippen LogP contribution in [0.3, 0.4) is 0 Å². The highest BCUT2D eigenvalue weighted by molar-refractivity contribution is 7.89. The van der Waals surface area contributed by atoms with Crippen LogP contribution in [0.25, 0.3) is 0 Å². The molecule has 0 bridgehead atoms. The van der Waals surface area contributed by atoms with Crippen molar-refractivity contribution in [3.05, 3.63) is 23.8 Å². The van der Waals surface area contributed by atoms with E-state index < -0.39 is 10.0 Å². The Hall–Kier alpha value is -1.07. The summed E-state index contributed by atoms with van der Waals surface area (Å²) in [5.41, 5.74) is 0.841. The van der Waals surface area contributed by atoms with Gasteiger partial charge in [0.25, 0.3) is 0 Å². The van der Waals surface area contributed by atoms with Gasteiger partial charge in [0.2, 0.25) is 10.0 Å². The van der Waals surface area contributed by atoms with Gasteiger partial charge in [-0.1, -0.05) is 20.3 Å². The molecule has 0 saturated heterocycles. The van der Waals surface area contributed by atoms with Crippen LogP contribution in [0, 0.1) is 6.92 Å². The molecular formula is C15H25NO3S. The van der Waals surface area contributed by atoms with Crippen LogP contribution in [0.2, 0.25) is 0 Å².